The summed E-state index contributed by atoms with van der Waals surface area (Å²) in [7, 11) is 0. The van der Waals surface area contributed by atoms with E-state index in [4.69, 9.17) is 0 Å². The molecular weight excluding hydrogens is 376 g/mol. The van der Waals surface area contributed by atoms with Crippen molar-refractivity contribution in [3.8, 4) is 6.07 Å². The number of anilines is 2. The first-order valence-corrected chi connectivity index (χ1v) is 10.2. The third-order valence-electron chi connectivity index (χ3n) is 5.05. The minimum absolute atomic E-state index is 0.295. The Hall–Kier alpha value is -2.78. The van der Waals surface area contributed by atoms with E-state index in [9.17, 15) is 14.0 Å². The highest BCUT2D eigenvalue weighted by atomic mass is 32.2. The second kappa shape index (κ2) is 7.69. The molecule has 0 aliphatic carbocycles. The fourth-order valence-corrected chi connectivity index (χ4v) is 4.44. The average molecular weight is 395 g/mol. The lowest BCUT2D eigenvalue weighted by atomic mass is 9.94. The Balaban J connectivity index is 1.76. The van der Waals surface area contributed by atoms with Crippen LogP contribution in [0.25, 0.3) is 5.57 Å². The first kappa shape index (κ1) is 18.6. The molecule has 2 aliphatic rings. The number of halogens is 2. The number of allylic oxidation sites excluding steroid dienone is 2. The third-order valence-corrected chi connectivity index (χ3v) is 5.99. The molecule has 1 saturated heterocycles. The van der Waals surface area contributed by atoms with Crippen LogP contribution in [0.3, 0.4) is 0 Å². The zero-order valence-electron chi connectivity index (χ0n) is 15.3. The number of thioether (sulfide) groups is 1. The van der Waals surface area contributed by atoms with E-state index >= 15 is 0 Å². The van der Waals surface area contributed by atoms with E-state index in [0.29, 0.717) is 28.9 Å². The van der Waals surface area contributed by atoms with Crippen LogP contribution in [0.1, 0.15) is 11.1 Å². The molecule has 0 atom stereocenters. The number of rotatable bonds is 3. The first-order valence-electron chi connectivity index (χ1n) is 9.05. The number of nitrogens with zero attached hydrogens (tertiary/aromatic N) is 3. The van der Waals surface area contributed by atoms with Gasteiger partial charge >= 0.3 is 0 Å². The lowest BCUT2D eigenvalue weighted by molar-refractivity contribution is 0.619. The molecule has 0 unspecified atom stereocenters. The summed E-state index contributed by atoms with van der Waals surface area (Å²) in [6.07, 6.45) is 1.74. The number of benzene rings is 2. The van der Waals surface area contributed by atoms with Gasteiger partial charge in [-0.05, 0) is 35.4 Å². The number of hydrogen-bond acceptors (Lipinski definition) is 4. The Bertz CT molecular complexity index is 986. The summed E-state index contributed by atoms with van der Waals surface area (Å²) in [5, 5.41) is 9.48. The van der Waals surface area contributed by atoms with Gasteiger partial charge in [0.15, 0.2) is 0 Å². The maximum Gasteiger partial charge on any atom is 0.147 e. The van der Waals surface area contributed by atoms with Crippen LogP contribution in [0, 0.1) is 23.0 Å². The van der Waals surface area contributed by atoms with Crippen LogP contribution in [0.2, 0.25) is 0 Å². The Morgan fingerprint density at radius 3 is 2.46 bits per heavy atom. The maximum atomic E-state index is 14.9. The maximum absolute atomic E-state index is 14.9. The number of nitriles is 1. The highest BCUT2D eigenvalue weighted by Gasteiger charge is 2.25. The molecule has 0 radical (unpaired) electrons. The summed E-state index contributed by atoms with van der Waals surface area (Å²) in [6.45, 7) is 6.05. The van der Waals surface area contributed by atoms with Crippen molar-refractivity contribution >= 4 is 28.7 Å². The van der Waals surface area contributed by atoms with E-state index in [1.54, 1.807) is 18.3 Å². The zero-order chi connectivity index (χ0) is 19.7. The molecule has 4 rings (SSSR count). The van der Waals surface area contributed by atoms with E-state index in [1.807, 2.05) is 22.7 Å². The summed E-state index contributed by atoms with van der Waals surface area (Å²) in [6, 6.07) is 11.7. The van der Waals surface area contributed by atoms with E-state index in [1.165, 1.54) is 18.2 Å². The molecule has 0 aromatic heterocycles. The van der Waals surface area contributed by atoms with Crippen LogP contribution in [0.15, 0.2) is 54.8 Å². The fraction of sp³-hybridized carbons (Fsp3) is 0.227. The van der Waals surface area contributed by atoms with Crippen LogP contribution >= 0.6 is 11.8 Å². The topological polar surface area (TPSA) is 30.3 Å². The van der Waals surface area contributed by atoms with Crippen LogP contribution in [-0.2, 0) is 6.54 Å². The van der Waals surface area contributed by atoms with E-state index < -0.39 is 0 Å². The molecule has 2 aromatic rings. The van der Waals surface area contributed by atoms with Crippen LogP contribution < -0.4 is 9.80 Å². The van der Waals surface area contributed by atoms with Crippen molar-refractivity contribution in [1.82, 2.24) is 0 Å². The predicted molar refractivity (Wildman–Crippen MR) is 111 cm³/mol. The molecule has 1 fully saturated rings. The minimum Gasteiger partial charge on any atom is -0.367 e. The van der Waals surface area contributed by atoms with Crippen molar-refractivity contribution in [2.45, 2.75) is 6.54 Å². The summed E-state index contributed by atoms with van der Waals surface area (Å²) >= 11 is 1.87. The Kier molecular flexibility index (Phi) is 5.10. The molecule has 2 heterocycles. The van der Waals surface area contributed by atoms with Crippen LogP contribution in [-0.4, -0.2) is 24.6 Å². The van der Waals surface area contributed by atoms with Gasteiger partial charge in [0.25, 0.3) is 0 Å². The molecule has 0 spiro atoms. The largest absolute Gasteiger partial charge is 0.367 e. The molecule has 0 bridgehead atoms. The SMILES string of the molecule is C=C1C(C#N)=CN(Cc2ccc(F)cc2)c2cc(N3CCSCC3)c(F)cc21. The third kappa shape index (κ3) is 3.50. The molecule has 0 saturated carbocycles. The minimum atomic E-state index is -0.298. The highest BCUT2D eigenvalue weighted by molar-refractivity contribution is 7.99. The normalized spacial score (nSPS) is 16.5. The van der Waals surface area contributed by atoms with Crippen molar-refractivity contribution < 1.29 is 8.78 Å². The molecule has 0 N–H and O–H groups in total. The fourth-order valence-electron chi connectivity index (χ4n) is 3.54. The molecule has 3 nitrogen and oxygen atoms in total. The summed E-state index contributed by atoms with van der Waals surface area (Å²) in [5.74, 6) is 1.35. The molecule has 2 aliphatic heterocycles. The van der Waals surface area contributed by atoms with Gasteiger partial charge in [-0.1, -0.05) is 18.7 Å². The van der Waals surface area contributed by atoms with Gasteiger partial charge in [0.1, 0.15) is 17.7 Å². The van der Waals surface area contributed by atoms with Crippen molar-refractivity contribution in [3.63, 3.8) is 0 Å². The molecule has 142 valence electrons. The van der Waals surface area contributed by atoms with Gasteiger partial charge in [-0.25, -0.2) is 8.78 Å². The van der Waals surface area contributed by atoms with Crippen LogP contribution in [0.4, 0.5) is 20.2 Å². The van der Waals surface area contributed by atoms with E-state index in [2.05, 4.69) is 17.5 Å². The van der Waals surface area contributed by atoms with Gasteiger partial charge in [0.2, 0.25) is 0 Å². The lowest BCUT2D eigenvalue weighted by Crippen LogP contribution is -2.33. The van der Waals surface area contributed by atoms with Crippen molar-refractivity contribution in [2.75, 3.05) is 34.4 Å². The molecule has 0 amide bonds. The van der Waals surface area contributed by atoms with E-state index in [0.717, 1.165) is 35.8 Å². The summed E-state index contributed by atoms with van der Waals surface area (Å²) in [5.41, 5.74) is 3.82. The first-order chi connectivity index (χ1) is 13.6. The van der Waals surface area contributed by atoms with Gasteiger partial charge in [-0.15, -0.1) is 0 Å². The Morgan fingerprint density at radius 1 is 1.07 bits per heavy atom. The van der Waals surface area contributed by atoms with Gasteiger partial charge in [-0.2, -0.15) is 17.0 Å². The van der Waals surface area contributed by atoms with Crippen molar-refractivity contribution in [1.29, 1.82) is 5.26 Å². The van der Waals surface area contributed by atoms with Gasteiger partial charge in [0, 0.05) is 42.9 Å². The smallest absolute Gasteiger partial charge is 0.147 e. The van der Waals surface area contributed by atoms with Gasteiger partial charge in [0.05, 0.1) is 16.9 Å². The highest BCUT2D eigenvalue weighted by Crippen LogP contribution is 2.40. The second-order valence-electron chi connectivity index (χ2n) is 6.81. The summed E-state index contributed by atoms with van der Waals surface area (Å²) < 4.78 is 28.2. The number of hydrogen-bond donors (Lipinski definition) is 0. The van der Waals surface area contributed by atoms with Gasteiger partial charge < -0.3 is 9.80 Å². The lowest BCUT2D eigenvalue weighted by Gasteiger charge is -2.33. The monoisotopic (exact) mass is 395 g/mol. The van der Waals surface area contributed by atoms with Crippen molar-refractivity contribution in [3.05, 3.63) is 77.5 Å². The van der Waals surface area contributed by atoms with Crippen molar-refractivity contribution in [2.24, 2.45) is 0 Å². The zero-order valence-corrected chi connectivity index (χ0v) is 16.1. The number of fused-ring (bicyclic) bond motifs is 1. The summed E-state index contributed by atoms with van der Waals surface area (Å²) in [4.78, 5) is 3.98. The van der Waals surface area contributed by atoms with E-state index in [-0.39, 0.29) is 11.6 Å². The Morgan fingerprint density at radius 2 is 1.79 bits per heavy atom. The molecular formula is C22H19F2N3S. The quantitative estimate of drug-likeness (QED) is 0.735. The van der Waals surface area contributed by atoms with Gasteiger partial charge in [-0.3, -0.25) is 0 Å². The Labute approximate surface area is 167 Å². The molecule has 6 heteroatoms. The molecule has 2 aromatic carbocycles. The van der Waals surface area contributed by atoms with Crippen LogP contribution in [0.5, 0.6) is 0 Å². The molecule has 28 heavy (non-hydrogen) atoms. The standard InChI is InChI=1S/C22H19F2N3S/c1-15-17(12-25)14-27(13-16-2-4-18(23)5-3-16)21-11-22(20(24)10-19(15)21)26-6-8-28-9-7-26/h2-5,10-11,14H,1,6-9,13H2. The predicted octanol–water partition coefficient (Wildman–Crippen LogP) is 4.96. The second-order valence-corrected chi connectivity index (χ2v) is 8.03. The average Bonchev–Trinajstić information content (AvgIpc) is 2.72.